The lowest BCUT2D eigenvalue weighted by Crippen LogP contribution is -2.41. The van der Waals surface area contributed by atoms with Crippen LogP contribution in [0.5, 0.6) is 0 Å². The molecule has 0 bridgehead atoms. The Balaban J connectivity index is 4.34. The quantitative estimate of drug-likeness (QED) is 0.209. The molecule has 0 heterocycles. The number of aliphatic carboxylic acids is 1. The van der Waals surface area contributed by atoms with Gasteiger partial charge in [0.15, 0.2) is 0 Å². The van der Waals surface area contributed by atoms with Crippen molar-refractivity contribution in [2.24, 2.45) is 17.3 Å². The van der Waals surface area contributed by atoms with E-state index in [9.17, 15) is 22.9 Å². The number of carboxylic acid groups (broad SMARTS) is 1. The van der Waals surface area contributed by atoms with E-state index in [0.717, 1.165) is 24.0 Å². The molecule has 238 valence electrons. The van der Waals surface area contributed by atoms with Gasteiger partial charge in [-0.3, -0.25) is 9.35 Å². The van der Waals surface area contributed by atoms with Crippen molar-refractivity contribution >= 4 is 16.1 Å². The van der Waals surface area contributed by atoms with Gasteiger partial charge in [0.25, 0.3) is 10.1 Å². The predicted octanol–water partition coefficient (Wildman–Crippen LogP) is 9.45. The van der Waals surface area contributed by atoms with Crippen LogP contribution in [-0.2, 0) is 36.6 Å². The number of carboxylic acids is 1. The minimum absolute atomic E-state index is 0.138. The van der Waals surface area contributed by atoms with Crippen LogP contribution in [0, 0.1) is 17.3 Å². The van der Waals surface area contributed by atoms with E-state index in [1.807, 2.05) is 0 Å². The van der Waals surface area contributed by atoms with Crippen LogP contribution in [0.4, 0.5) is 0 Å². The van der Waals surface area contributed by atoms with Gasteiger partial charge >= 0.3 is 5.97 Å². The van der Waals surface area contributed by atoms with E-state index >= 15 is 0 Å². The molecule has 0 fully saturated rings. The molecule has 0 aliphatic heterocycles. The standard InChI is InChI=1S/C35H62O5S/c1-23(2)19-30(5,6)25-17-27(32(9,10)21-34(13,14)29(36)37)28(18-26(25)31(7,8)20-24(3)4)33(11,12)22-35(15,16)41(38,39)40/h17-18,23-24H,19-22H2,1-16H3,(H,36,37)(H,38,39,40). The number of hydrogen-bond donors (Lipinski definition) is 2. The molecule has 6 heteroatoms. The Hall–Kier alpha value is -1.40. The fourth-order valence-corrected chi connectivity index (χ4v) is 8.17. The van der Waals surface area contributed by atoms with Crippen LogP contribution >= 0.6 is 0 Å². The topological polar surface area (TPSA) is 91.7 Å². The molecular formula is C35H62O5S. The smallest absolute Gasteiger partial charge is 0.309 e. The first-order chi connectivity index (χ1) is 17.9. The van der Waals surface area contributed by atoms with E-state index in [1.54, 1.807) is 27.7 Å². The molecule has 1 aromatic carbocycles. The highest BCUT2D eigenvalue weighted by Crippen LogP contribution is 2.49. The Morgan fingerprint density at radius 1 is 0.634 bits per heavy atom. The van der Waals surface area contributed by atoms with Gasteiger partial charge in [0.1, 0.15) is 0 Å². The minimum atomic E-state index is -4.31. The third-order valence-electron chi connectivity index (χ3n) is 8.94. The van der Waals surface area contributed by atoms with Crippen molar-refractivity contribution < 1.29 is 22.9 Å². The molecule has 0 amide bonds. The van der Waals surface area contributed by atoms with Crippen LogP contribution in [0.1, 0.15) is 159 Å². The molecular weight excluding hydrogens is 532 g/mol. The second kappa shape index (κ2) is 11.9. The zero-order chi connectivity index (χ0) is 32.8. The Bertz CT molecular complexity index is 1200. The van der Waals surface area contributed by atoms with Crippen LogP contribution in [0.25, 0.3) is 0 Å². The molecule has 0 atom stereocenters. The second-order valence-electron chi connectivity index (χ2n) is 17.5. The summed E-state index contributed by atoms with van der Waals surface area (Å²) in [6.07, 6.45) is 2.61. The van der Waals surface area contributed by atoms with Crippen LogP contribution in [0.2, 0.25) is 0 Å². The Morgan fingerprint density at radius 2 is 0.927 bits per heavy atom. The first kappa shape index (κ1) is 37.6. The van der Waals surface area contributed by atoms with Gasteiger partial charge in [-0.1, -0.05) is 95.2 Å². The average molecular weight is 595 g/mol. The molecule has 0 aromatic heterocycles. The van der Waals surface area contributed by atoms with Crippen molar-refractivity contribution in [2.45, 2.75) is 163 Å². The monoisotopic (exact) mass is 594 g/mol. The molecule has 0 unspecified atom stereocenters. The Labute approximate surface area is 253 Å². The van der Waals surface area contributed by atoms with Crippen molar-refractivity contribution in [1.29, 1.82) is 0 Å². The summed E-state index contributed by atoms with van der Waals surface area (Å²) in [7, 11) is -4.31. The maximum absolute atomic E-state index is 12.4. The fourth-order valence-electron chi connectivity index (χ4n) is 7.63. The molecule has 1 aromatic rings. The van der Waals surface area contributed by atoms with Gasteiger partial charge in [-0.05, 0) is 109 Å². The Morgan fingerprint density at radius 3 is 1.20 bits per heavy atom. The maximum atomic E-state index is 12.4. The van der Waals surface area contributed by atoms with Crippen molar-refractivity contribution in [3.63, 3.8) is 0 Å². The van der Waals surface area contributed by atoms with Crippen molar-refractivity contribution in [3.05, 3.63) is 34.4 Å². The van der Waals surface area contributed by atoms with Crippen LogP contribution in [0.15, 0.2) is 12.1 Å². The van der Waals surface area contributed by atoms with Crippen LogP contribution in [-0.4, -0.2) is 28.8 Å². The van der Waals surface area contributed by atoms with Gasteiger partial charge in [-0.15, -0.1) is 0 Å². The molecule has 5 nitrogen and oxygen atoms in total. The molecule has 0 saturated heterocycles. The first-order valence-corrected chi connectivity index (χ1v) is 16.7. The molecule has 41 heavy (non-hydrogen) atoms. The summed E-state index contributed by atoms with van der Waals surface area (Å²) >= 11 is 0. The summed E-state index contributed by atoms with van der Waals surface area (Å²) in [6.45, 7) is 33.2. The lowest BCUT2D eigenvalue weighted by atomic mass is 9.61. The summed E-state index contributed by atoms with van der Waals surface area (Å²) in [5, 5.41) is 10.0. The summed E-state index contributed by atoms with van der Waals surface area (Å²) in [5.41, 5.74) is 2.22. The number of carbonyl (C=O) groups is 1. The van der Waals surface area contributed by atoms with Crippen molar-refractivity contribution in [3.8, 4) is 0 Å². The number of benzene rings is 1. The van der Waals surface area contributed by atoms with Crippen molar-refractivity contribution in [1.82, 2.24) is 0 Å². The lowest BCUT2D eigenvalue weighted by molar-refractivity contribution is -0.148. The molecule has 0 aliphatic carbocycles. The predicted molar refractivity (Wildman–Crippen MR) is 174 cm³/mol. The third-order valence-corrected chi connectivity index (χ3v) is 10.5. The highest BCUT2D eigenvalue weighted by Gasteiger charge is 2.44. The van der Waals surface area contributed by atoms with E-state index in [2.05, 4.69) is 95.2 Å². The zero-order valence-electron chi connectivity index (χ0n) is 29.2. The zero-order valence-corrected chi connectivity index (χ0v) is 30.0. The van der Waals surface area contributed by atoms with Gasteiger partial charge in [0.2, 0.25) is 0 Å². The Kier molecular flexibility index (Phi) is 11.0. The van der Waals surface area contributed by atoms with E-state index in [1.165, 1.54) is 11.1 Å². The van der Waals surface area contributed by atoms with Gasteiger partial charge in [-0.25, -0.2) is 0 Å². The summed E-state index contributed by atoms with van der Waals surface area (Å²) in [5.74, 6) is 0.127. The summed E-state index contributed by atoms with van der Waals surface area (Å²) < 4.78 is 33.6. The van der Waals surface area contributed by atoms with E-state index in [-0.39, 0.29) is 17.3 Å². The van der Waals surface area contributed by atoms with E-state index in [0.29, 0.717) is 18.3 Å². The largest absolute Gasteiger partial charge is 0.481 e. The number of rotatable bonds is 14. The molecule has 1 rings (SSSR count). The summed E-state index contributed by atoms with van der Waals surface area (Å²) in [6, 6.07) is 4.64. The van der Waals surface area contributed by atoms with Gasteiger partial charge in [0, 0.05) is 0 Å². The SMILES string of the molecule is CC(C)CC(C)(C)c1cc(C(C)(C)CC(C)(C)C(=O)O)c(C(C)(C)CC(C)(C)S(=O)(=O)O)cc1C(C)(C)CC(C)C. The molecule has 0 saturated carbocycles. The van der Waals surface area contributed by atoms with E-state index < -0.39 is 37.1 Å². The maximum Gasteiger partial charge on any atom is 0.309 e. The highest BCUT2D eigenvalue weighted by atomic mass is 32.2. The van der Waals surface area contributed by atoms with Gasteiger partial charge in [0.05, 0.1) is 10.2 Å². The third kappa shape index (κ3) is 9.05. The highest BCUT2D eigenvalue weighted by molar-refractivity contribution is 7.87. The lowest BCUT2D eigenvalue weighted by Gasteiger charge is -2.44. The fraction of sp³-hybridized carbons (Fsp3) is 0.800. The average Bonchev–Trinajstić information content (AvgIpc) is 2.68. The second-order valence-corrected chi connectivity index (χ2v) is 19.5. The molecule has 0 spiro atoms. The van der Waals surface area contributed by atoms with Crippen LogP contribution < -0.4 is 0 Å². The normalized spacial score (nSPS) is 14.7. The number of hydrogen-bond acceptors (Lipinski definition) is 3. The first-order valence-electron chi connectivity index (χ1n) is 15.3. The van der Waals surface area contributed by atoms with E-state index in [4.69, 9.17) is 0 Å². The molecule has 0 radical (unpaired) electrons. The van der Waals surface area contributed by atoms with Crippen LogP contribution in [0.3, 0.4) is 0 Å². The van der Waals surface area contributed by atoms with Crippen molar-refractivity contribution in [2.75, 3.05) is 0 Å². The van der Waals surface area contributed by atoms with Gasteiger partial charge in [-0.2, -0.15) is 8.42 Å². The minimum Gasteiger partial charge on any atom is -0.481 e. The molecule has 2 N–H and O–H groups in total. The molecule has 0 aliphatic rings. The summed E-state index contributed by atoms with van der Waals surface area (Å²) in [4.78, 5) is 12.3. The van der Waals surface area contributed by atoms with Gasteiger partial charge < -0.3 is 5.11 Å².